The molecule has 2 bridgehead atoms. The Hall–Kier alpha value is -3.04. The molecule has 7 atom stereocenters. The molecule has 4 aliphatic rings. The number of ether oxygens (including phenoxy) is 1. The highest BCUT2D eigenvalue weighted by molar-refractivity contribution is 8.00. The number of thioether (sulfide) groups is 1. The van der Waals surface area contributed by atoms with Gasteiger partial charge in [-0.1, -0.05) is 64.4 Å². The van der Waals surface area contributed by atoms with Crippen LogP contribution in [0.5, 0.6) is 5.75 Å². The van der Waals surface area contributed by atoms with E-state index in [0.717, 1.165) is 27.5 Å². The number of halogens is 2. The molecule has 218 valence electrons. The minimum absolute atomic E-state index is 0.0134. The first kappa shape index (κ1) is 27.5. The number of hydrogen-bond acceptors (Lipinski definition) is 6. The van der Waals surface area contributed by atoms with E-state index >= 15 is 0 Å². The fourth-order valence-electron chi connectivity index (χ4n) is 7.95. The summed E-state index contributed by atoms with van der Waals surface area (Å²) in [4.78, 5) is 45.9. The zero-order valence-electron chi connectivity index (χ0n) is 23.0. The van der Waals surface area contributed by atoms with Gasteiger partial charge in [-0.05, 0) is 79.1 Å². The second kappa shape index (κ2) is 10.3. The first-order valence-electron chi connectivity index (χ1n) is 14.3. The summed E-state index contributed by atoms with van der Waals surface area (Å²) < 4.78 is 6.44. The van der Waals surface area contributed by atoms with E-state index < -0.39 is 5.92 Å². The molecule has 0 spiro atoms. The van der Waals surface area contributed by atoms with Gasteiger partial charge in [0.05, 0.1) is 22.5 Å². The highest BCUT2D eigenvalue weighted by Gasteiger charge is 2.69. The maximum Gasteiger partial charge on any atom is 0.305 e. The molecule has 4 aromatic rings. The van der Waals surface area contributed by atoms with E-state index in [4.69, 9.17) is 27.9 Å². The normalized spacial score (nSPS) is 28.6. The molecule has 2 aliphatic carbocycles. The molecule has 43 heavy (non-hydrogen) atoms. The lowest BCUT2D eigenvalue weighted by Crippen LogP contribution is -2.42. The monoisotopic (exact) mass is 648 g/mol. The molecule has 8 rings (SSSR count). The SMILES string of the molecule is Cc1ccc(COc2ccc(Cl)cc2[C@H]2c3sc(=O)[nH]c3SC3C4CC(C5C(=O)N(c6ccc(Cl)cc6)C(=O)C45)C32)cc1. The Balaban J connectivity index is 1.20. The highest BCUT2D eigenvalue weighted by Crippen LogP contribution is 2.69. The molecule has 2 amide bonds. The van der Waals surface area contributed by atoms with Crippen molar-refractivity contribution in [3.63, 3.8) is 0 Å². The van der Waals surface area contributed by atoms with Crippen molar-refractivity contribution < 1.29 is 14.3 Å². The van der Waals surface area contributed by atoms with Crippen LogP contribution in [-0.4, -0.2) is 22.0 Å². The van der Waals surface area contributed by atoms with Gasteiger partial charge < -0.3 is 9.72 Å². The lowest BCUT2D eigenvalue weighted by Gasteiger charge is -2.43. The summed E-state index contributed by atoms with van der Waals surface area (Å²) in [5, 5.41) is 2.05. The smallest absolute Gasteiger partial charge is 0.305 e. The van der Waals surface area contributed by atoms with Crippen LogP contribution >= 0.6 is 46.3 Å². The Bertz CT molecular complexity index is 1840. The second-order valence-electron chi connectivity index (χ2n) is 11.9. The number of aromatic nitrogens is 1. The lowest BCUT2D eigenvalue weighted by atomic mass is 9.68. The predicted molar refractivity (Wildman–Crippen MR) is 169 cm³/mol. The molecule has 6 nitrogen and oxygen atoms in total. The van der Waals surface area contributed by atoms with Crippen molar-refractivity contribution in [3.05, 3.63) is 108 Å². The molecule has 1 aromatic heterocycles. The van der Waals surface area contributed by atoms with Gasteiger partial charge in [0.15, 0.2) is 0 Å². The van der Waals surface area contributed by atoms with Crippen molar-refractivity contribution in [2.24, 2.45) is 29.6 Å². The van der Waals surface area contributed by atoms with E-state index in [1.165, 1.54) is 21.8 Å². The van der Waals surface area contributed by atoms with Crippen LogP contribution in [0.15, 0.2) is 76.6 Å². The summed E-state index contributed by atoms with van der Waals surface area (Å²) in [6.45, 7) is 2.44. The van der Waals surface area contributed by atoms with Crippen molar-refractivity contribution >= 4 is 63.8 Å². The van der Waals surface area contributed by atoms with Crippen molar-refractivity contribution in [1.82, 2.24) is 4.98 Å². The molecular weight excluding hydrogens is 623 g/mol. The van der Waals surface area contributed by atoms with Crippen LogP contribution in [0.1, 0.15) is 33.9 Å². The number of thiazole rings is 1. The van der Waals surface area contributed by atoms with Crippen LogP contribution < -0.4 is 14.5 Å². The van der Waals surface area contributed by atoms with E-state index in [2.05, 4.69) is 36.2 Å². The number of aromatic amines is 1. The van der Waals surface area contributed by atoms with Crippen LogP contribution in [0.25, 0.3) is 0 Å². The Kier molecular flexibility index (Phi) is 6.56. The second-order valence-corrected chi connectivity index (χ2v) is 15.0. The fraction of sp³-hybridized carbons (Fsp3) is 0.303. The minimum Gasteiger partial charge on any atom is -0.489 e. The Morgan fingerprint density at radius 2 is 1.60 bits per heavy atom. The number of aryl methyl sites for hydroxylation is 1. The summed E-state index contributed by atoms with van der Waals surface area (Å²) in [7, 11) is 0. The number of anilines is 1. The van der Waals surface area contributed by atoms with Gasteiger partial charge in [0.25, 0.3) is 0 Å². The molecule has 1 saturated heterocycles. The molecule has 0 radical (unpaired) electrons. The Morgan fingerprint density at radius 1 is 0.907 bits per heavy atom. The van der Waals surface area contributed by atoms with Crippen LogP contribution in [0, 0.1) is 36.5 Å². The maximum absolute atomic E-state index is 14.0. The van der Waals surface area contributed by atoms with Crippen molar-refractivity contribution in [2.45, 2.75) is 36.1 Å². The van der Waals surface area contributed by atoms with Gasteiger partial charge in [-0.15, -0.1) is 11.8 Å². The number of hydrogen-bond donors (Lipinski definition) is 1. The number of carbonyl (C=O) groups is 2. The number of imide groups is 1. The van der Waals surface area contributed by atoms with E-state index in [9.17, 15) is 14.4 Å². The first-order chi connectivity index (χ1) is 20.8. The maximum atomic E-state index is 14.0. The molecular formula is C33H26Cl2N2O4S2. The zero-order chi connectivity index (χ0) is 29.6. The summed E-state index contributed by atoms with van der Waals surface area (Å²) >= 11 is 15.6. The molecule has 2 aliphatic heterocycles. The van der Waals surface area contributed by atoms with E-state index in [1.807, 2.05) is 18.2 Å². The third kappa shape index (κ3) is 4.32. The summed E-state index contributed by atoms with van der Waals surface area (Å²) in [5.41, 5.74) is 3.71. The summed E-state index contributed by atoms with van der Waals surface area (Å²) in [6, 6.07) is 20.8. The highest BCUT2D eigenvalue weighted by atomic mass is 35.5. The van der Waals surface area contributed by atoms with Crippen molar-refractivity contribution in [3.8, 4) is 5.75 Å². The van der Waals surface area contributed by atoms with E-state index in [1.54, 1.807) is 36.0 Å². The van der Waals surface area contributed by atoms with Gasteiger partial charge in [0.2, 0.25) is 11.8 Å². The lowest BCUT2D eigenvalue weighted by molar-refractivity contribution is -0.123. The number of carbonyl (C=O) groups excluding carboxylic acids is 2. The van der Waals surface area contributed by atoms with Crippen LogP contribution in [0.2, 0.25) is 10.0 Å². The third-order valence-electron chi connectivity index (χ3n) is 9.63. The number of nitrogens with zero attached hydrogens (tertiary/aromatic N) is 1. The minimum atomic E-state index is -0.397. The fourth-order valence-corrected chi connectivity index (χ4v) is 11.1. The van der Waals surface area contributed by atoms with Gasteiger partial charge in [-0.3, -0.25) is 19.3 Å². The van der Waals surface area contributed by atoms with Gasteiger partial charge in [-0.25, -0.2) is 0 Å². The number of benzene rings is 3. The largest absolute Gasteiger partial charge is 0.489 e. The first-order valence-corrected chi connectivity index (χ1v) is 16.7. The van der Waals surface area contributed by atoms with Crippen LogP contribution in [-0.2, 0) is 16.2 Å². The third-order valence-corrected chi connectivity index (χ3v) is 12.7. The topological polar surface area (TPSA) is 79.5 Å². The molecule has 6 unspecified atom stereocenters. The average molecular weight is 650 g/mol. The predicted octanol–water partition coefficient (Wildman–Crippen LogP) is 7.31. The van der Waals surface area contributed by atoms with Crippen LogP contribution in [0.4, 0.5) is 5.69 Å². The Morgan fingerprint density at radius 3 is 2.35 bits per heavy atom. The zero-order valence-corrected chi connectivity index (χ0v) is 26.1. The number of rotatable bonds is 5. The standard InChI is InChI=1S/C33H26Cl2N2O4S2/c1-15-2-4-16(5-3-15)14-41-23-11-8-18(35)12-20(23)24-25-21-13-22(28(25)42-30-29(24)43-33(40)36-30)27-26(21)31(38)37(32(27)39)19-9-6-17(34)7-10-19/h2-12,21-22,24-28H,13-14H2,1H3,(H,36,40)/t21?,22?,24-,25?,26?,27?,28?/m1/s1. The quantitative estimate of drug-likeness (QED) is 0.230. The molecule has 1 N–H and O–H groups in total. The molecule has 3 fully saturated rings. The molecule has 2 saturated carbocycles. The number of nitrogens with one attached hydrogen (secondary N) is 1. The van der Waals surface area contributed by atoms with E-state index in [-0.39, 0.29) is 51.5 Å². The molecule has 10 heteroatoms. The Labute approximate surface area is 266 Å². The average Bonchev–Trinajstić information content (AvgIpc) is 3.73. The summed E-state index contributed by atoms with van der Waals surface area (Å²) in [5.74, 6) is -0.468. The molecule has 3 aromatic carbocycles. The van der Waals surface area contributed by atoms with E-state index in [0.29, 0.717) is 28.1 Å². The van der Waals surface area contributed by atoms with Gasteiger partial charge in [-0.2, -0.15) is 0 Å². The number of amides is 2. The van der Waals surface area contributed by atoms with Crippen LogP contribution in [0.3, 0.4) is 0 Å². The van der Waals surface area contributed by atoms with Crippen molar-refractivity contribution in [1.29, 1.82) is 0 Å². The number of H-pyrrole nitrogens is 1. The van der Waals surface area contributed by atoms with Crippen molar-refractivity contribution in [2.75, 3.05) is 4.90 Å². The van der Waals surface area contributed by atoms with Gasteiger partial charge >= 0.3 is 4.87 Å². The summed E-state index contributed by atoms with van der Waals surface area (Å²) in [6.07, 6.45) is 0.805. The number of fused-ring (bicyclic) bond motifs is 9. The van der Waals surface area contributed by atoms with Gasteiger partial charge in [0.1, 0.15) is 12.4 Å². The van der Waals surface area contributed by atoms with Gasteiger partial charge in [0, 0.05) is 31.7 Å². The molecule has 3 heterocycles.